The van der Waals surface area contributed by atoms with Gasteiger partial charge in [0.15, 0.2) is 0 Å². The van der Waals surface area contributed by atoms with Crippen LogP contribution >= 0.6 is 12.6 Å². The highest BCUT2D eigenvalue weighted by Crippen LogP contribution is 2.28. The van der Waals surface area contributed by atoms with Gasteiger partial charge in [-0.3, -0.25) is 4.79 Å². The first-order valence-electron chi connectivity index (χ1n) is 6.63. The first kappa shape index (κ1) is 15.6. The van der Waals surface area contributed by atoms with Gasteiger partial charge in [0.05, 0.1) is 17.2 Å². The van der Waals surface area contributed by atoms with Gasteiger partial charge in [-0.15, -0.1) is 12.6 Å². The summed E-state index contributed by atoms with van der Waals surface area (Å²) in [5, 5.41) is 1.14. The molecule has 1 heterocycles. The Bertz CT molecular complexity index is 678. The number of aromatic nitrogens is 1. The Hall–Kier alpha value is -1.79. The molecule has 0 fully saturated rings. The number of thiol groups is 1. The summed E-state index contributed by atoms with van der Waals surface area (Å²) in [5.41, 5.74) is 1.12. The third kappa shape index (κ3) is 3.11. The molecule has 0 aliphatic heterocycles. The van der Waals surface area contributed by atoms with Gasteiger partial charge < -0.3 is 14.0 Å². The summed E-state index contributed by atoms with van der Waals surface area (Å²) in [6, 6.07) is 7.33. The molecular weight excluding hydrogens is 290 g/mol. The summed E-state index contributed by atoms with van der Waals surface area (Å²) in [6.07, 6.45) is 0. The molecule has 0 atom stereocenters. The van der Waals surface area contributed by atoms with Crippen LogP contribution in [0.25, 0.3) is 10.9 Å². The Kier molecular flexibility index (Phi) is 5.03. The van der Waals surface area contributed by atoms with Crippen LogP contribution in [-0.2, 0) is 21.3 Å². The van der Waals surface area contributed by atoms with E-state index in [4.69, 9.17) is 9.47 Å². The number of nitrogens with zero attached hydrogens (tertiary/aromatic N) is 1. The van der Waals surface area contributed by atoms with Crippen molar-refractivity contribution in [3.8, 4) is 0 Å². The van der Waals surface area contributed by atoms with E-state index in [0.717, 1.165) is 5.52 Å². The lowest BCUT2D eigenvalue weighted by Gasteiger charge is -2.04. The molecule has 1 aromatic heterocycles. The SMILES string of the molecule is CCOCCOC(=O)C(=O)c1c(S)n(C)c2ccccc12. The van der Waals surface area contributed by atoms with E-state index in [0.29, 0.717) is 17.0 Å². The monoisotopic (exact) mass is 307 g/mol. The molecule has 0 bridgehead atoms. The molecule has 0 radical (unpaired) electrons. The molecule has 0 unspecified atom stereocenters. The summed E-state index contributed by atoms with van der Waals surface area (Å²) < 4.78 is 11.7. The van der Waals surface area contributed by atoms with Crippen molar-refractivity contribution in [1.29, 1.82) is 0 Å². The molecule has 21 heavy (non-hydrogen) atoms. The van der Waals surface area contributed by atoms with Crippen molar-refractivity contribution in [2.75, 3.05) is 19.8 Å². The fourth-order valence-electron chi connectivity index (χ4n) is 2.11. The molecule has 112 valence electrons. The van der Waals surface area contributed by atoms with Crippen molar-refractivity contribution >= 4 is 35.3 Å². The maximum Gasteiger partial charge on any atom is 0.379 e. The Morgan fingerprint density at radius 3 is 2.67 bits per heavy atom. The number of ketones is 1. The number of hydrogen-bond acceptors (Lipinski definition) is 5. The van der Waals surface area contributed by atoms with Crippen molar-refractivity contribution in [3.63, 3.8) is 0 Å². The van der Waals surface area contributed by atoms with Gasteiger partial charge >= 0.3 is 5.97 Å². The van der Waals surface area contributed by atoms with Crippen molar-refractivity contribution in [2.24, 2.45) is 7.05 Å². The summed E-state index contributed by atoms with van der Waals surface area (Å²) in [7, 11) is 1.79. The van der Waals surface area contributed by atoms with E-state index in [2.05, 4.69) is 12.6 Å². The minimum absolute atomic E-state index is 0.0606. The number of para-hydroxylation sites is 1. The molecule has 2 aromatic rings. The van der Waals surface area contributed by atoms with Crippen molar-refractivity contribution < 1.29 is 19.1 Å². The number of carbonyl (C=O) groups excluding carboxylic acids is 2. The van der Waals surface area contributed by atoms with Gasteiger partial charge in [0.2, 0.25) is 0 Å². The molecule has 0 amide bonds. The fourth-order valence-corrected chi connectivity index (χ4v) is 2.44. The lowest BCUT2D eigenvalue weighted by atomic mass is 10.1. The van der Waals surface area contributed by atoms with E-state index in [1.54, 1.807) is 17.7 Å². The van der Waals surface area contributed by atoms with E-state index < -0.39 is 11.8 Å². The maximum atomic E-state index is 12.3. The van der Waals surface area contributed by atoms with E-state index in [1.807, 2.05) is 25.1 Å². The molecule has 0 N–H and O–H groups in total. The zero-order chi connectivity index (χ0) is 15.4. The van der Waals surface area contributed by atoms with Gasteiger partial charge in [0.1, 0.15) is 6.61 Å². The largest absolute Gasteiger partial charge is 0.457 e. The quantitative estimate of drug-likeness (QED) is 0.292. The number of benzene rings is 1. The predicted octanol–water partition coefficient (Wildman–Crippen LogP) is 2.23. The second kappa shape index (κ2) is 6.78. The average molecular weight is 307 g/mol. The Morgan fingerprint density at radius 1 is 1.24 bits per heavy atom. The highest BCUT2D eigenvalue weighted by atomic mass is 32.1. The van der Waals surface area contributed by atoms with Gasteiger partial charge in [-0.05, 0) is 13.0 Å². The second-order valence-corrected chi connectivity index (χ2v) is 4.86. The van der Waals surface area contributed by atoms with E-state index in [1.165, 1.54) is 0 Å². The standard InChI is InChI=1S/C15H17NO4S/c1-3-19-8-9-20-15(18)13(17)12-10-6-4-5-7-11(10)16(2)14(12)21/h4-7,21H,3,8-9H2,1-2H3. The van der Waals surface area contributed by atoms with Gasteiger partial charge in [-0.2, -0.15) is 0 Å². The van der Waals surface area contributed by atoms with Crippen LogP contribution in [0.2, 0.25) is 0 Å². The fraction of sp³-hybridized carbons (Fsp3) is 0.333. The summed E-state index contributed by atoms with van der Waals surface area (Å²) in [5.74, 6) is -1.57. The molecule has 0 saturated carbocycles. The minimum Gasteiger partial charge on any atom is -0.457 e. The number of aryl methyl sites for hydroxylation is 1. The predicted molar refractivity (Wildman–Crippen MR) is 82.0 cm³/mol. The third-order valence-electron chi connectivity index (χ3n) is 3.15. The van der Waals surface area contributed by atoms with Crippen LogP contribution < -0.4 is 0 Å². The van der Waals surface area contributed by atoms with Crippen LogP contribution in [0.4, 0.5) is 0 Å². The second-order valence-electron chi connectivity index (χ2n) is 4.44. The molecule has 0 spiro atoms. The van der Waals surface area contributed by atoms with Crippen LogP contribution in [0.1, 0.15) is 17.3 Å². The molecule has 1 aromatic carbocycles. The summed E-state index contributed by atoms with van der Waals surface area (Å²) in [6.45, 7) is 2.72. The Morgan fingerprint density at radius 2 is 1.95 bits per heavy atom. The maximum absolute atomic E-state index is 12.3. The van der Waals surface area contributed by atoms with Crippen LogP contribution in [0.5, 0.6) is 0 Å². The minimum atomic E-state index is -0.888. The zero-order valence-corrected chi connectivity index (χ0v) is 12.9. The van der Waals surface area contributed by atoms with Gasteiger partial charge in [0.25, 0.3) is 5.78 Å². The lowest BCUT2D eigenvalue weighted by Crippen LogP contribution is -2.20. The average Bonchev–Trinajstić information content (AvgIpc) is 2.75. The van der Waals surface area contributed by atoms with Gasteiger partial charge in [0, 0.05) is 24.6 Å². The van der Waals surface area contributed by atoms with Gasteiger partial charge in [-0.1, -0.05) is 18.2 Å². The first-order valence-corrected chi connectivity index (χ1v) is 7.08. The van der Waals surface area contributed by atoms with E-state index in [-0.39, 0.29) is 18.8 Å². The Balaban J connectivity index is 2.23. The number of hydrogen-bond donors (Lipinski definition) is 1. The van der Waals surface area contributed by atoms with Crippen LogP contribution in [0.15, 0.2) is 29.3 Å². The normalized spacial score (nSPS) is 10.8. The first-order chi connectivity index (χ1) is 10.1. The van der Waals surface area contributed by atoms with Gasteiger partial charge in [-0.25, -0.2) is 4.79 Å². The summed E-state index contributed by atoms with van der Waals surface area (Å²) in [4.78, 5) is 24.1. The van der Waals surface area contributed by atoms with Crippen LogP contribution in [0, 0.1) is 0 Å². The summed E-state index contributed by atoms with van der Waals surface area (Å²) >= 11 is 4.34. The molecular formula is C15H17NO4S. The topological polar surface area (TPSA) is 57.5 Å². The molecule has 0 aliphatic carbocycles. The number of Topliss-reactive ketones (excluding diaryl/α,β-unsaturated/α-hetero) is 1. The molecule has 6 heteroatoms. The molecule has 0 aliphatic rings. The van der Waals surface area contributed by atoms with E-state index >= 15 is 0 Å². The highest BCUT2D eigenvalue weighted by molar-refractivity contribution is 7.80. The molecule has 5 nitrogen and oxygen atoms in total. The Labute approximate surface area is 128 Å². The number of fused-ring (bicyclic) bond motifs is 1. The number of esters is 1. The molecule has 2 rings (SSSR count). The number of rotatable bonds is 6. The molecule has 0 saturated heterocycles. The van der Waals surface area contributed by atoms with E-state index in [9.17, 15) is 9.59 Å². The lowest BCUT2D eigenvalue weighted by molar-refractivity contribution is -0.139. The zero-order valence-electron chi connectivity index (χ0n) is 12.0. The smallest absolute Gasteiger partial charge is 0.379 e. The highest BCUT2D eigenvalue weighted by Gasteiger charge is 2.25. The van der Waals surface area contributed by atoms with Crippen LogP contribution in [-0.4, -0.2) is 36.1 Å². The number of carbonyl (C=O) groups is 2. The third-order valence-corrected chi connectivity index (χ3v) is 3.68. The number of ether oxygens (including phenoxy) is 2. The van der Waals surface area contributed by atoms with Crippen molar-refractivity contribution in [2.45, 2.75) is 11.9 Å². The van der Waals surface area contributed by atoms with Crippen LogP contribution in [0.3, 0.4) is 0 Å². The van der Waals surface area contributed by atoms with Crippen molar-refractivity contribution in [1.82, 2.24) is 4.57 Å². The van der Waals surface area contributed by atoms with Crippen molar-refractivity contribution in [3.05, 3.63) is 29.8 Å².